The van der Waals surface area contributed by atoms with Gasteiger partial charge in [0.15, 0.2) is 5.65 Å². The first-order chi connectivity index (χ1) is 15.2. The van der Waals surface area contributed by atoms with Crippen LogP contribution in [0.15, 0.2) is 42.9 Å². The first-order valence-electron chi connectivity index (χ1n) is 11.0. The Labute approximate surface area is 181 Å². The maximum atomic E-state index is 13.0. The highest BCUT2D eigenvalue weighted by Gasteiger charge is 2.42. The minimum absolute atomic E-state index is 0.122. The van der Waals surface area contributed by atoms with E-state index in [-0.39, 0.29) is 12.0 Å². The van der Waals surface area contributed by atoms with E-state index in [4.69, 9.17) is 4.74 Å². The van der Waals surface area contributed by atoms with Crippen LogP contribution in [0.4, 0.5) is 5.82 Å². The summed E-state index contributed by atoms with van der Waals surface area (Å²) >= 11 is 0. The zero-order valence-corrected chi connectivity index (χ0v) is 17.9. The van der Waals surface area contributed by atoms with E-state index < -0.39 is 0 Å². The third kappa shape index (κ3) is 3.99. The molecule has 0 radical (unpaired) electrons. The number of amides is 1. The van der Waals surface area contributed by atoms with Gasteiger partial charge in [0.25, 0.3) is 0 Å². The van der Waals surface area contributed by atoms with Gasteiger partial charge in [0.05, 0.1) is 12.6 Å². The predicted octanol–water partition coefficient (Wildman–Crippen LogP) is 2.33. The van der Waals surface area contributed by atoms with Crippen LogP contribution in [0.3, 0.4) is 0 Å². The van der Waals surface area contributed by atoms with Gasteiger partial charge in [-0.1, -0.05) is 12.1 Å². The van der Waals surface area contributed by atoms with Crippen molar-refractivity contribution in [2.75, 3.05) is 31.6 Å². The Morgan fingerprint density at radius 3 is 2.94 bits per heavy atom. The summed E-state index contributed by atoms with van der Waals surface area (Å²) in [5.74, 6) is 1.43. The number of piperazine rings is 1. The van der Waals surface area contributed by atoms with E-state index in [9.17, 15) is 4.79 Å². The number of pyridine rings is 2. The number of anilines is 1. The number of carbonyl (C=O) groups is 1. The number of aryl methyl sites for hydroxylation is 1. The lowest BCUT2D eigenvalue weighted by atomic mass is 9.97. The third-order valence-electron chi connectivity index (χ3n) is 6.48. The molecular formula is C23H28N6O2. The Balaban J connectivity index is 1.17. The van der Waals surface area contributed by atoms with Crippen molar-refractivity contribution in [2.24, 2.45) is 5.92 Å². The maximum absolute atomic E-state index is 13.0. The first-order valence-corrected chi connectivity index (χ1v) is 11.0. The maximum Gasteiger partial charge on any atom is 0.226 e. The van der Waals surface area contributed by atoms with E-state index in [0.717, 1.165) is 68.0 Å². The molecule has 2 saturated heterocycles. The van der Waals surface area contributed by atoms with Crippen LogP contribution in [0.1, 0.15) is 30.5 Å². The number of rotatable bonds is 7. The molecule has 5 rings (SSSR count). The molecule has 3 aromatic heterocycles. The summed E-state index contributed by atoms with van der Waals surface area (Å²) in [6.07, 6.45) is 7.19. The largest absolute Gasteiger partial charge is 0.380 e. The van der Waals surface area contributed by atoms with E-state index in [2.05, 4.69) is 43.1 Å². The topological polar surface area (TPSA) is 75.9 Å². The van der Waals surface area contributed by atoms with E-state index >= 15 is 0 Å². The zero-order chi connectivity index (χ0) is 21.2. The predicted molar refractivity (Wildman–Crippen MR) is 117 cm³/mol. The van der Waals surface area contributed by atoms with Crippen LogP contribution < -0.4 is 4.90 Å². The molecule has 8 nitrogen and oxygen atoms in total. The van der Waals surface area contributed by atoms with E-state index in [1.165, 1.54) is 0 Å². The van der Waals surface area contributed by atoms with Crippen LogP contribution in [-0.2, 0) is 22.6 Å². The third-order valence-corrected chi connectivity index (χ3v) is 6.48. The normalized spacial score (nSPS) is 21.1. The van der Waals surface area contributed by atoms with Gasteiger partial charge in [-0.2, -0.15) is 5.10 Å². The Morgan fingerprint density at radius 2 is 2.10 bits per heavy atom. The van der Waals surface area contributed by atoms with Crippen molar-refractivity contribution < 1.29 is 9.53 Å². The lowest BCUT2D eigenvalue weighted by Crippen LogP contribution is -2.51. The molecule has 31 heavy (non-hydrogen) atoms. The summed E-state index contributed by atoms with van der Waals surface area (Å²) in [7, 11) is 1.69. The lowest BCUT2D eigenvalue weighted by molar-refractivity contribution is -0.132. The van der Waals surface area contributed by atoms with Crippen molar-refractivity contribution in [2.45, 2.75) is 38.3 Å². The molecule has 0 saturated carbocycles. The van der Waals surface area contributed by atoms with Crippen LogP contribution in [0.25, 0.3) is 5.65 Å². The fourth-order valence-electron chi connectivity index (χ4n) is 4.94. The number of nitrogens with zero attached hydrogens (tertiary/aromatic N) is 6. The van der Waals surface area contributed by atoms with Gasteiger partial charge in [-0.25, -0.2) is 14.5 Å². The molecule has 3 aromatic rings. The van der Waals surface area contributed by atoms with Crippen molar-refractivity contribution in [3.05, 3.63) is 54.1 Å². The van der Waals surface area contributed by atoms with Crippen molar-refractivity contribution >= 4 is 17.4 Å². The number of ether oxygens (including phenoxy) is 1. The van der Waals surface area contributed by atoms with Crippen LogP contribution in [0, 0.1) is 5.92 Å². The molecule has 0 unspecified atom stereocenters. The average molecular weight is 421 g/mol. The van der Waals surface area contributed by atoms with Crippen LogP contribution >= 0.6 is 0 Å². The van der Waals surface area contributed by atoms with Gasteiger partial charge in [-0.3, -0.25) is 4.79 Å². The fraction of sp³-hybridized carbons (Fsp3) is 0.478. The molecule has 0 aromatic carbocycles. The number of carbonyl (C=O) groups excluding carboxylic acids is 1. The van der Waals surface area contributed by atoms with Crippen molar-refractivity contribution in [1.29, 1.82) is 0 Å². The SMILES string of the molecule is COCc1ccc(N2CCN3C(=O)[C@@H](CCCc4cccc5ncnn45)C[C@H]3C2)nc1. The monoisotopic (exact) mass is 420 g/mol. The molecule has 162 valence electrons. The zero-order valence-electron chi connectivity index (χ0n) is 17.9. The molecule has 0 aliphatic carbocycles. The second kappa shape index (κ2) is 8.63. The first kappa shape index (κ1) is 19.9. The molecule has 0 bridgehead atoms. The smallest absolute Gasteiger partial charge is 0.226 e. The van der Waals surface area contributed by atoms with Gasteiger partial charge in [0.1, 0.15) is 12.1 Å². The van der Waals surface area contributed by atoms with Crippen LogP contribution in [0.2, 0.25) is 0 Å². The van der Waals surface area contributed by atoms with E-state index in [1.807, 2.05) is 22.8 Å². The second-order valence-corrected chi connectivity index (χ2v) is 8.46. The molecular weight excluding hydrogens is 392 g/mol. The summed E-state index contributed by atoms with van der Waals surface area (Å²) in [5.41, 5.74) is 3.09. The van der Waals surface area contributed by atoms with Gasteiger partial charge in [0, 0.05) is 44.6 Å². The average Bonchev–Trinajstić information content (AvgIpc) is 3.40. The van der Waals surface area contributed by atoms with E-state index in [0.29, 0.717) is 12.5 Å². The van der Waals surface area contributed by atoms with Crippen molar-refractivity contribution in [3.8, 4) is 0 Å². The number of aromatic nitrogens is 4. The Bertz CT molecular complexity index is 1050. The van der Waals surface area contributed by atoms with Gasteiger partial charge in [-0.15, -0.1) is 0 Å². The second-order valence-electron chi connectivity index (χ2n) is 8.46. The summed E-state index contributed by atoms with van der Waals surface area (Å²) in [5, 5.41) is 4.31. The molecule has 5 heterocycles. The molecule has 0 N–H and O–H groups in total. The molecule has 1 amide bonds. The molecule has 0 spiro atoms. The number of hydrogen-bond donors (Lipinski definition) is 0. The highest BCUT2D eigenvalue weighted by molar-refractivity contribution is 5.82. The highest BCUT2D eigenvalue weighted by atomic mass is 16.5. The number of methoxy groups -OCH3 is 1. The van der Waals surface area contributed by atoms with E-state index in [1.54, 1.807) is 13.4 Å². The number of fused-ring (bicyclic) bond motifs is 2. The lowest BCUT2D eigenvalue weighted by Gasteiger charge is -2.38. The van der Waals surface area contributed by atoms with Crippen molar-refractivity contribution in [3.63, 3.8) is 0 Å². The Hall–Kier alpha value is -3.00. The fourth-order valence-corrected chi connectivity index (χ4v) is 4.94. The summed E-state index contributed by atoms with van der Waals surface area (Å²) in [4.78, 5) is 26.2. The summed E-state index contributed by atoms with van der Waals surface area (Å²) in [6, 6.07) is 10.5. The van der Waals surface area contributed by atoms with Crippen LogP contribution in [-0.4, -0.2) is 63.2 Å². The highest BCUT2D eigenvalue weighted by Crippen LogP contribution is 2.32. The van der Waals surface area contributed by atoms with Crippen molar-refractivity contribution in [1.82, 2.24) is 24.5 Å². The Morgan fingerprint density at radius 1 is 1.16 bits per heavy atom. The molecule has 2 fully saturated rings. The van der Waals surface area contributed by atoms with Gasteiger partial charge >= 0.3 is 0 Å². The summed E-state index contributed by atoms with van der Waals surface area (Å²) in [6.45, 7) is 3.04. The van der Waals surface area contributed by atoms with Gasteiger partial charge < -0.3 is 14.5 Å². The standard InChI is InChI=1S/C23H28N6O2/c1-31-15-17-8-9-21(24-13-17)27-10-11-28-20(14-27)12-18(23(28)30)4-2-5-19-6-3-7-22-25-16-26-29(19)22/h3,6-9,13,16,18,20H,2,4-5,10-12,14-15H2,1H3/t18-,20-/m0/s1. The molecule has 2 aliphatic heterocycles. The quantitative estimate of drug-likeness (QED) is 0.584. The molecule has 2 atom stereocenters. The van der Waals surface area contributed by atoms with Gasteiger partial charge in [-0.05, 0) is 49.4 Å². The number of hydrogen-bond acceptors (Lipinski definition) is 6. The minimum atomic E-state index is 0.122. The van der Waals surface area contributed by atoms with Gasteiger partial charge in [0.2, 0.25) is 5.91 Å². The molecule has 2 aliphatic rings. The summed E-state index contributed by atoms with van der Waals surface area (Å²) < 4.78 is 7.06. The molecule has 8 heteroatoms. The van der Waals surface area contributed by atoms with Crippen LogP contribution in [0.5, 0.6) is 0 Å². The Kier molecular flexibility index (Phi) is 5.55. The minimum Gasteiger partial charge on any atom is -0.380 e.